The van der Waals surface area contributed by atoms with E-state index in [1.165, 1.54) is 25.3 Å². The number of benzene rings is 1. The number of nitrogens with one attached hydrogen (secondary N) is 1. The first-order chi connectivity index (χ1) is 11.9. The SMILES string of the molecule is COCC(=O)Oc1cccc2c1C(=O)N(C1CCC(=O)NC1=O)C2=O.[HH]. The summed E-state index contributed by atoms with van der Waals surface area (Å²) >= 11 is 0. The van der Waals surface area contributed by atoms with Crippen LogP contribution in [-0.4, -0.2) is 54.3 Å². The highest BCUT2D eigenvalue weighted by Crippen LogP contribution is 2.33. The number of rotatable bonds is 4. The molecule has 1 aromatic carbocycles. The molecule has 132 valence electrons. The average molecular weight is 348 g/mol. The van der Waals surface area contributed by atoms with Gasteiger partial charge in [-0.05, 0) is 18.6 Å². The molecule has 0 spiro atoms. The number of nitrogens with zero attached hydrogens (tertiary/aromatic N) is 1. The quantitative estimate of drug-likeness (QED) is 0.458. The highest BCUT2D eigenvalue weighted by Gasteiger charge is 2.46. The van der Waals surface area contributed by atoms with Crippen molar-refractivity contribution in [2.75, 3.05) is 13.7 Å². The number of carbonyl (C=O) groups is 5. The van der Waals surface area contributed by atoms with Crippen LogP contribution in [0.1, 0.15) is 35.0 Å². The Hall–Kier alpha value is -3.07. The first-order valence-corrected chi connectivity index (χ1v) is 7.48. The Kier molecular flexibility index (Phi) is 4.32. The molecule has 0 bridgehead atoms. The lowest BCUT2D eigenvalue weighted by Gasteiger charge is -2.27. The van der Waals surface area contributed by atoms with Gasteiger partial charge in [-0.1, -0.05) is 6.07 Å². The minimum Gasteiger partial charge on any atom is -0.424 e. The molecule has 2 aliphatic heterocycles. The molecule has 9 nitrogen and oxygen atoms in total. The lowest BCUT2D eigenvalue weighted by atomic mass is 10.0. The van der Waals surface area contributed by atoms with Crippen LogP contribution < -0.4 is 10.1 Å². The van der Waals surface area contributed by atoms with Crippen LogP contribution in [0.25, 0.3) is 0 Å². The number of methoxy groups -OCH3 is 1. The van der Waals surface area contributed by atoms with Crippen LogP contribution in [0, 0.1) is 0 Å². The highest BCUT2D eigenvalue weighted by molar-refractivity contribution is 6.24. The van der Waals surface area contributed by atoms with E-state index in [2.05, 4.69) is 10.1 Å². The second-order valence-electron chi connectivity index (χ2n) is 5.53. The summed E-state index contributed by atoms with van der Waals surface area (Å²) in [7, 11) is 1.32. The lowest BCUT2D eigenvalue weighted by molar-refractivity contribution is -0.139. The van der Waals surface area contributed by atoms with Gasteiger partial charge in [-0.2, -0.15) is 0 Å². The van der Waals surface area contributed by atoms with Gasteiger partial charge in [-0.25, -0.2) is 4.79 Å². The van der Waals surface area contributed by atoms with Gasteiger partial charge in [-0.15, -0.1) is 0 Å². The Morgan fingerprint density at radius 2 is 2.04 bits per heavy atom. The number of hydrogen-bond acceptors (Lipinski definition) is 7. The standard InChI is InChI=1S/C16H14N2O7.H2/c1-24-7-12(20)25-10-4-2-3-8-13(10)16(23)18(15(8)22)9-5-6-11(19)17-14(9)21;/h2-4,9H,5-7H2,1H3,(H,17,19,21);1H. The van der Waals surface area contributed by atoms with E-state index in [1.54, 1.807) is 0 Å². The van der Waals surface area contributed by atoms with E-state index < -0.39 is 35.6 Å². The highest BCUT2D eigenvalue weighted by atomic mass is 16.6. The summed E-state index contributed by atoms with van der Waals surface area (Å²) in [6.45, 7) is -0.317. The van der Waals surface area contributed by atoms with Gasteiger partial charge in [-0.3, -0.25) is 29.4 Å². The fourth-order valence-electron chi connectivity index (χ4n) is 2.84. The summed E-state index contributed by atoms with van der Waals surface area (Å²) in [5.41, 5.74) is -0.0425. The zero-order valence-corrected chi connectivity index (χ0v) is 13.2. The summed E-state index contributed by atoms with van der Waals surface area (Å²) in [6.07, 6.45) is 0.0778. The summed E-state index contributed by atoms with van der Waals surface area (Å²) < 4.78 is 9.74. The lowest BCUT2D eigenvalue weighted by Crippen LogP contribution is -2.54. The Labute approximate surface area is 143 Å². The molecule has 0 saturated carbocycles. The van der Waals surface area contributed by atoms with Crippen molar-refractivity contribution in [1.29, 1.82) is 0 Å². The van der Waals surface area contributed by atoms with Gasteiger partial charge in [0.25, 0.3) is 11.8 Å². The molecule has 4 amide bonds. The minimum atomic E-state index is -1.08. The van der Waals surface area contributed by atoms with Crippen LogP contribution in [0.2, 0.25) is 0 Å². The van der Waals surface area contributed by atoms with E-state index in [0.717, 1.165) is 4.90 Å². The van der Waals surface area contributed by atoms with Crippen LogP contribution in [0.3, 0.4) is 0 Å². The summed E-state index contributed by atoms with van der Waals surface area (Å²) in [6, 6.07) is 3.18. The van der Waals surface area contributed by atoms with Crippen molar-refractivity contribution < 1.29 is 34.9 Å². The molecule has 25 heavy (non-hydrogen) atoms. The predicted molar refractivity (Wildman–Crippen MR) is 82.7 cm³/mol. The number of piperidine rings is 1. The maximum Gasteiger partial charge on any atom is 0.337 e. The van der Waals surface area contributed by atoms with Gasteiger partial charge in [0, 0.05) is 15.0 Å². The Morgan fingerprint density at radius 1 is 1.28 bits per heavy atom. The van der Waals surface area contributed by atoms with Crippen molar-refractivity contribution >= 4 is 29.6 Å². The van der Waals surface area contributed by atoms with Crippen LogP contribution in [0.15, 0.2) is 18.2 Å². The van der Waals surface area contributed by atoms with Crippen LogP contribution in [-0.2, 0) is 19.1 Å². The predicted octanol–water partition coefficient (Wildman–Crippen LogP) is -0.114. The van der Waals surface area contributed by atoms with E-state index in [-0.39, 0.29) is 37.8 Å². The first-order valence-electron chi connectivity index (χ1n) is 7.48. The number of ether oxygens (including phenoxy) is 2. The Bertz CT molecular complexity index is 808. The van der Waals surface area contributed by atoms with Gasteiger partial charge in [0.15, 0.2) is 0 Å². The zero-order valence-electron chi connectivity index (χ0n) is 13.2. The molecule has 1 unspecified atom stereocenters. The van der Waals surface area contributed by atoms with Crippen LogP contribution in [0.4, 0.5) is 0 Å². The number of fused-ring (bicyclic) bond motifs is 1. The normalized spacial score (nSPS) is 19.7. The topological polar surface area (TPSA) is 119 Å². The molecule has 1 fully saturated rings. The molecule has 0 aromatic heterocycles. The third-order valence-corrected chi connectivity index (χ3v) is 3.92. The number of carbonyl (C=O) groups excluding carboxylic acids is 5. The molecule has 3 rings (SSSR count). The number of amides is 4. The summed E-state index contributed by atoms with van der Waals surface area (Å²) in [5.74, 6) is -3.37. The molecule has 0 aliphatic carbocycles. The van der Waals surface area contributed by atoms with E-state index in [0.29, 0.717) is 0 Å². The van der Waals surface area contributed by atoms with E-state index in [9.17, 15) is 24.0 Å². The van der Waals surface area contributed by atoms with E-state index in [4.69, 9.17) is 4.74 Å². The minimum absolute atomic E-state index is 0. The number of hydrogen-bond donors (Lipinski definition) is 1. The smallest absolute Gasteiger partial charge is 0.337 e. The van der Waals surface area contributed by atoms with Crippen molar-refractivity contribution in [3.05, 3.63) is 29.3 Å². The molecular formula is C16H16N2O7. The molecule has 2 heterocycles. The van der Waals surface area contributed by atoms with Crippen LogP contribution >= 0.6 is 0 Å². The monoisotopic (exact) mass is 348 g/mol. The Balaban J connectivity index is 0.00000243. The van der Waals surface area contributed by atoms with Gasteiger partial charge < -0.3 is 9.47 Å². The first kappa shape index (κ1) is 16.8. The number of esters is 1. The van der Waals surface area contributed by atoms with Crippen molar-refractivity contribution in [1.82, 2.24) is 10.2 Å². The molecule has 9 heteroatoms. The molecule has 1 N–H and O–H groups in total. The molecule has 1 atom stereocenters. The summed E-state index contributed by atoms with van der Waals surface area (Å²) in [4.78, 5) is 61.0. The van der Waals surface area contributed by atoms with Crippen molar-refractivity contribution in [3.63, 3.8) is 0 Å². The van der Waals surface area contributed by atoms with Gasteiger partial charge in [0.1, 0.15) is 18.4 Å². The van der Waals surface area contributed by atoms with Gasteiger partial charge in [0.2, 0.25) is 11.8 Å². The van der Waals surface area contributed by atoms with Gasteiger partial charge in [0.05, 0.1) is 11.1 Å². The van der Waals surface area contributed by atoms with E-state index in [1.807, 2.05) is 0 Å². The van der Waals surface area contributed by atoms with Crippen molar-refractivity contribution in [2.45, 2.75) is 18.9 Å². The third-order valence-electron chi connectivity index (χ3n) is 3.92. The van der Waals surface area contributed by atoms with E-state index >= 15 is 0 Å². The number of imide groups is 2. The van der Waals surface area contributed by atoms with Crippen LogP contribution in [0.5, 0.6) is 5.75 Å². The molecule has 1 saturated heterocycles. The summed E-state index contributed by atoms with van der Waals surface area (Å²) in [5, 5.41) is 2.11. The fourth-order valence-corrected chi connectivity index (χ4v) is 2.84. The second kappa shape index (κ2) is 6.44. The zero-order chi connectivity index (χ0) is 18.1. The second-order valence-corrected chi connectivity index (χ2v) is 5.53. The third kappa shape index (κ3) is 2.89. The molecule has 1 aromatic rings. The molecular weight excluding hydrogens is 332 g/mol. The van der Waals surface area contributed by atoms with Crippen molar-refractivity contribution in [3.8, 4) is 5.75 Å². The maximum atomic E-state index is 12.7. The Morgan fingerprint density at radius 3 is 2.72 bits per heavy atom. The van der Waals surface area contributed by atoms with Crippen molar-refractivity contribution in [2.24, 2.45) is 0 Å². The largest absolute Gasteiger partial charge is 0.424 e. The average Bonchev–Trinajstić information content (AvgIpc) is 2.81. The fraction of sp³-hybridized carbons (Fsp3) is 0.312. The molecule has 2 aliphatic rings. The van der Waals surface area contributed by atoms with Gasteiger partial charge >= 0.3 is 5.97 Å². The molecule has 0 radical (unpaired) electrons. The maximum absolute atomic E-state index is 12.7.